The van der Waals surface area contributed by atoms with Crippen molar-refractivity contribution in [3.05, 3.63) is 34.1 Å². The molecule has 1 heterocycles. The summed E-state index contributed by atoms with van der Waals surface area (Å²) in [6.07, 6.45) is 0. The molecule has 0 unspecified atom stereocenters. The van der Waals surface area contributed by atoms with Crippen LogP contribution in [0.25, 0.3) is 0 Å². The number of rotatable bonds is 3. The number of hydrogen-bond acceptors (Lipinski definition) is 4. The van der Waals surface area contributed by atoms with Crippen LogP contribution in [-0.2, 0) is 4.79 Å². The van der Waals surface area contributed by atoms with Crippen LogP contribution in [0.2, 0.25) is 0 Å². The number of anilines is 1. The lowest BCUT2D eigenvalue weighted by Gasteiger charge is -2.14. The molecule has 0 saturated carbocycles. The van der Waals surface area contributed by atoms with Gasteiger partial charge in [0, 0.05) is 18.7 Å². The average molecular weight is 267 g/mol. The molecule has 1 amide bonds. The molecule has 19 heavy (non-hydrogen) atoms. The fourth-order valence-corrected chi connectivity index (χ4v) is 2.11. The highest BCUT2D eigenvalue weighted by atomic mass is 19.1. The average Bonchev–Trinajstić information content (AvgIpc) is 2.78. The van der Waals surface area contributed by atoms with Crippen molar-refractivity contribution in [1.82, 2.24) is 5.32 Å². The number of amides is 1. The molecule has 2 atom stereocenters. The Morgan fingerprint density at radius 1 is 1.53 bits per heavy atom. The van der Waals surface area contributed by atoms with Crippen molar-refractivity contribution < 1.29 is 14.1 Å². The van der Waals surface area contributed by atoms with Crippen molar-refractivity contribution in [2.75, 3.05) is 18.4 Å². The number of benzene rings is 1. The van der Waals surface area contributed by atoms with Gasteiger partial charge in [-0.2, -0.15) is 0 Å². The number of nitrogens with one attached hydrogen (secondary N) is 2. The monoisotopic (exact) mass is 267 g/mol. The van der Waals surface area contributed by atoms with E-state index in [-0.39, 0.29) is 29.1 Å². The Hall–Kier alpha value is -2.02. The van der Waals surface area contributed by atoms with Crippen LogP contribution in [0.15, 0.2) is 18.2 Å². The van der Waals surface area contributed by atoms with Gasteiger partial charge in [-0.05, 0) is 18.5 Å². The zero-order valence-electron chi connectivity index (χ0n) is 10.4. The van der Waals surface area contributed by atoms with E-state index in [1.165, 1.54) is 0 Å². The molecule has 1 aromatic rings. The first-order valence-corrected chi connectivity index (χ1v) is 5.94. The van der Waals surface area contributed by atoms with Gasteiger partial charge in [0.25, 0.3) is 5.69 Å². The van der Waals surface area contributed by atoms with Crippen molar-refractivity contribution in [1.29, 1.82) is 0 Å². The number of carbonyl (C=O) groups excluding carboxylic acids is 1. The van der Waals surface area contributed by atoms with Gasteiger partial charge < -0.3 is 10.6 Å². The summed E-state index contributed by atoms with van der Waals surface area (Å²) in [6, 6.07) is 3.06. The SMILES string of the molecule is C[C@@H]1CNC[C@H]1C(=O)Nc1cc([N+](=O)[O-])ccc1F. The number of nitro benzene ring substituents is 1. The number of nitro groups is 1. The molecule has 0 aromatic heterocycles. The summed E-state index contributed by atoms with van der Waals surface area (Å²) < 4.78 is 13.5. The van der Waals surface area contributed by atoms with E-state index in [2.05, 4.69) is 10.6 Å². The third-order valence-electron chi connectivity index (χ3n) is 3.27. The Bertz CT molecular complexity index is 521. The third-order valence-corrected chi connectivity index (χ3v) is 3.27. The zero-order valence-corrected chi connectivity index (χ0v) is 10.4. The molecule has 0 spiro atoms. The van der Waals surface area contributed by atoms with Crippen LogP contribution in [0.3, 0.4) is 0 Å². The molecular weight excluding hydrogens is 253 g/mol. The Labute approximate surface area is 109 Å². The van der Waals surface area contributed by atoms with E-state index in [1.54, 1.807) is 0 Å². The number of nitrogens with zero attached hydrogens (tertiary/aromatic N) is 1. The Balaban J connectivity index is 2.16. The summed E-state index contributed by atoms with van der Waals surface area (Å²) in [5, 5.41) is 16.1. The zero-order chi connectivity index (χ0) is 14.0. The maximum Gasteiger partial charge on any atom is 0.271 e. The van der Waals surface area contributed by atoms with Gasteiger partial charge in [0.15, 0.2) is 0 Å². The predicted molar refractivity (Wildman–Crippen MR) is 67.2 cm³/mol. The highest BCUT2D eigenvalue weighted by molar-refractivity contribution is 5.93. The van der Waals surface area contributed by atoms with Crippen LogP contribution in [-0.4, -0.2) is 23.9 Å². The van der Waals surface area contributed by atoms with Gasteiger partial charge in [-0.1, -0.05) is 6.92 Å². The maximum atomic E-state index is 13.5. The molecule has 0 aliphatic carbocycles. The van der Waals surface area contributed by atoms with E-state index in [4.69, 9.17) is 0 Å². The second-order valence-electron chi connectivity index (χ2n) is 4.65. The Kier molecular flexibility index (Phi) is 3.75. The number of non-ortho nitro benzene ring substituents is 1. The summed E-state index contributed by atoms with van der Waals surface area (Å²) in [4.78, 5) is 22.0. The molecule has 102 valence electrons. The molecule has 2 N–H and O–H groups in total. The molecule has 1 aliphatic heterocycles. The molecule has 1 fully saturated rings. The second kappa shape index (κ2) is 5.31. The van der Waals surface area contributed by atoms with Crippen LogP contribution in [0, 0.1) is 27.8 Å². The van der Waals surface area contributed by atoms with Gasteiger partial charge >= 0.3 is 0 Å². The minimum atomic E-state index is -0.683. The molecule has 0 bridgehead atoms. The number of halogens is 1. The van der Waals surface area contributed by atoms with Crippen molar-refractivity contribution in [3.63, 3.8) is 0 Å². The first-order chi connectivity index (χ1) is 8.99. The fraction of sp³-hybridized carbons (Fsp3) is 0.417. The summed E-state index contributed by atoms with van der Waals surface area (Å²) in [5.74, 6) is -1.10. The molecule has 1 aliphatic rings. The standard InChI is InChI=1S/C12H14FN3O3/c1-7-5-14-6-9(7)12(17)15-11-4-8(16(18)19)2-3-10(11)13/h2-4,7,9,14H,5-6H2,1H3,(H,15,17)/t7-,9-/m1/s1. The summed E-state index contributed by atoms with van der Waals surface area (Å²) in [5.41, 5.74) is -0.410. The van der Waals surface area contributed by atoms with E-state index in [0.717, 1.165) is 24.7 Å². The molecule has 6 nitrogen and oxygen atoms in total. The largest absolute Gasteiger partial charge is 0.323 e. The van der Waals surface area contributed by atoms with E-state index in [9.17, 15) is 19.3 Å². The normalized spacial score (nSPS) is 22.2. The highest BCUT2D eigenvalue weighted by Crippen LogP contribution is 2.23. The predicted octanol–water partition coefficient (Wildman–Crippen LogP) is 1.53. The van der Waals surface area contributed by atoms with Crippen LogP contribution in [0.1, 0.15) is 6.92 Å². The van der Waals surface area contributed by atoms with Crippen molar-refractivity contribution in [3.8, 4) is 0 Å². The Morgan fingerprint density at radius 3 is 2.84 bits per heavy atom. The summed E-state index contributed by atoms with van der Waals surface area (Å²) >= 11 is 0. The van der Waals surface area contributed by atoms with Gasteiger partial charge in [0.1, 0.15) is 5.82 Å². The minimum absolute atomic E-state index is 0.154. The fourth-order valence-electron chi connectivity index (χ4n) is 2.11. The first kappa shape index (κ1) is 13.4. The van der Waals surface area contributed by atoms with Gasteiger partial charge in [-0.25, -0.2) is 4.39 Å². The topological polar surface area (TPSA) is 84.3 Å². The van der Waals surface area contributed by atoms with Crippen LogP contribution in [0.5, 0.6) is 0 Å². The Morgan fingerprint density at radius 2 is 2.26 bits per heavy atom. The lowest BCUT2D eigenvalue weighted by Crippen LogP contribution is -2.28. The molecule has 2 rings (SSSR count). The van der Waals surface area contributed by atoms with E-state index >= 15 is 0 Å². The maximum absolute atomic E-state index is 13.5. The van der Waals surface area contributed by atoms with Gasteiger partial charge in [0.2, 0.25) is 5.91 Å². The molecule has 1 aromatic carbocycles. The smallest absolute Gasteiger partial charge is 0.271 e. The van der Waals surface area contributed by atoms with Crippen molar-refractivity contribution in [2.45, 2.75) is 6.92 Å². The lowest BCUT2D eigenvalue weighted by atomic mass is 9.97. The quantitative estimate of drug-likeness (QED) is 0.642. The number of hydrogen-bond donors (Lipinski definition) is 2. The second-order valence-corrected chi connectivity index (χ2v) is 4.65. The minimum Gasteiger partial charge on any atom is -0.323 e. The molecule has 0 radical (unpaired) electrons. The highest BCUT2D eigenvalue weighted by Gasteiger charge is 2.30. The van der Waals surface area contributed by atoms with E-state index in [1.807, 2.05) is 6.92 Å². The van der Waals surface area contributed by atoms with Gasteiger partial charge in [-0.3, -0.25) is 14.9 Å². The number of carbonyl (C=O) groups is 1. The summed E-state index contributed by atoms with van der Waals surface area (Å²) in [6.45, 7) is 3.19. The molecular formula is C12H14FN3O3. The van der Waals surface area contributed by atoms with Gasteiger partial charge in [-0.15, -0.1) is 0 Å². The van der Waals surface area contributed by atoms with Crippen LogP contribution in [0.4, 0.5) is 15.8 Å². The van der Waals surface area contributed by atoms with Crippen LogP contribution >= 0.6 is 0 Å². The first-order valence-electron chi connectivity index (χ1n) is 5.94. The molecule has 7 heteroatoms. The van der Waals surface area contributed by atoms with Crippen molar-refractivity contribution in [2.24, 2.45) is 11.8 Å². The van der Waals surface area contributed by atoms with E-state index < -0.39 is 10.7 Å². The van der Waals surface area contributed by atoms with Crippen LogP contribution < -0.4 is 10.6 Å². The van der Waals surface area contributed by atoms with Crippen molar-refractivity contribution >= 4 is 17.3 Å². The summed E-state index contributed by atoms with van der Waals surface area (Å²) in [7, 11) is 0. The van der Waals surface area contributed by atoms with Gasteiger partial charge in [0.05, 0.1) is 16.5 Å². The third kappa shape index (κ3) is 2.87. The van der Waals surface area contributed by atoms with E-state index in [0.29, 0.717) is 6.54 Å². The molecule has 1 saturated heterocycles. The lowest BCUT2D eigenvalue weighted by molar-refractivity contribution is -0.384.